The van der Waals surface area contributed by atoms with Crippen LogP contribution in [0.5, 0.6) is 0 Å². The van der Waals surface area contributed by atoms with Crippen molar-refractivity contribution in [1.82, 2.24) is 9.55 Å². The predicted octanol–water partition coefficient (Wildman–Crippen LogP) is 3.04. The Morgan fingerprint density at radius 3 is 2.53 bits per heavy atom. The Hall–Kier alpha value is -1.40. The van der Waals surface area contributed by atoms with Crippen LogP contribution in [0.1, 0.15) is 0 Å². The molecular weight excluding hydrogens is 391 g/mol. The van der Waals surface area contributed by atoms with Crippen molar-refractivity contribution in [3.05, 3.63) is 54.6 Å². The van der Waals surface area contributed by atoms with Gasteiger partial charge in [-0.1, -0.05) is 12.1 Å². The summed E-state index contributed by atoms with van der Waals surface area (Å²) >= 11 is 0. The second-order valence-electron chi connectivity index (χ2n) is 3.76. The van der Waals surface area contributed by atoms with E-state index in [-0.39, 0.29) is 21.1 Å². The Kier molecular flexibility index (Phi) is 3.44. The molecule has 0 atom stereocenters. The molecule has 0 saturated carbocycles. The summed E-state index contributed by atoms with van der Waals surface area (Å²) in [6.07, 6.45) is 0. The van der Waals surface area contributed by atoms with Crippen molar-refractivity contribution in [1.29, 1.82) is 0 Å². The van der Waals surface area contributed by atoms with E-state index >= 15 is 0 Å². The van der Waals surface area contributed by atoms with Crippen molar-refractivity contribution < 1.29 is 21.1 Å². The Morgan fingerprint density at radius 1 is 1.06 bits per heavy atom. The number of benzene rings is 2. The van der Waals surface area contributed by atoms with Gasteiger partial charge in [-0.25, -0.2) is 0 Å². The summed E-state index contributed by atoms with van der Waals surface area (Å²) in [5.74, 6) is 0.960. The summed E-state index contributed by atoms with van der Waals surface area (Å²) in [6.45, 7) is 0. The largest absolute Gasteiger partial charge is 0.367 e. The number of nitrogens with zero attached hydrogens (tertiary/aromatic N) is 2. The third kappa shape index (κ3) is 2.05. The van der Waals surface area contributed by atoms with E-state index in [1.54, 1.807) is 0 Å². The molecule has 88 valence electrons. The fraction of sp³-hybridized carbons (Fsp3) is 0.0714. The minimum Gasteiger partial charge on any atom is -0.367 e. The summed E-state index contributed by atoms with van der Waals surface area (Å²) in [6, 6.07) is 19.3. The molecule has 2 aromatic carbocycles. The first-order valence-electron chi connectivity index (χ1n) is 5.25. The summed E-state index contributed by atoms with van der Waals surface area (Å²) in [4.78, 5) is 4.61. The zero-order valence-electron chi connectivity index (χ0n) is 9.33. The number of hydrogen-bond donors (Lipinski definition) is 0. The number of aromatic nitrogens is 2. The first-order valence-corrected chi connectivity index (χ1v) is 5.25. The van der Waals surface area contributed by atoms with Crippen molar-refractivity contribution in [2.75, 3.05) is 0 Å². The Balaban J connectivity index is 0.00000108. The minimum atomic E-state index is 0. The number of aryl methyl sites for hydroxylation is 1. The molecule has 0 fully saturated rings. The van der Waals surface area contributed by atoms with Crippen molar-refractivity contribution in [3.8, 4) is 11.4 Å². The standard InChI is InChI=1S/C14H11N2.Pt/c1-16-13-10-6-5-9-12(13)15-14(16)11-7-3-2-4-8-11;/h2-7,9-10H,1H3;/q-1;. The van der Waals surface area contributed by atoms with Crippen LogP contribution >= 0.6 is 0 Å². The number of hydrogen-bond acceptors (Lipinski definition) is 1. The van der Waals surface area contributed by atoms with E-state index in [0.717, 1.165) is 22.4 Å². The van der Waals surface area contributed by atoms with Crippen molar-refractivity contribution in [2.45, 2.75) is 0 Å². The fourth-order valence-corrected chi connectivity index (χ4v) is 1.92. The maximum atomic E-state index is 4.61. The van der Waals surface area contributed by atoms with Gasteiger partial charge >= 0.3 is 0 Å². The predicted molar refractivity (Wildman–Crippen MR) is 65.0 cm³/mol. The maximum Gasteiger partial charge on any atom is 0.0770 e. The van der Waals surface area contributed by atoms with Gasteiger partial charge in [-0.15, -0.1) is 35.9 Å². The van der Waals surface area contributed by atoms with Gasteiger partial charge in [-0.3, -0.25) is 4.98 Å². The maximum absolute atomic E-state index is 4.61. The molecule has 17 heavy (non-hydrogen) atoms. The molecule has 3 rings (SSSR count). The Labute approximate surface area is 115 Å². The molecule has 0 aliphatic rings. The number of para-hydroxylation sites is 2. The van der Waals surface area contributed by atoms with Crippen LogP contribution in [0.15, 0.2) is 48.5 Å². The topological polar surface area (TPSA) is 17.8 Å². The molecule has 0 bridgehead atoms. The number of imidazole rings is 1. The van der Waals surface area contributed by atoms with E-state index in [0.29, 0.717) is 0 Å². The third-order valence-electron chi connectivity index (χ3n) is 2.74. The van der Waals surface area contributed by atoms with Crippen LogP contribution in [0, 0.1) is 6.07 Å². The van der Waals surface area contributed by atoms with Gasteiger partial charge in [0.2, 0.25) is 0 Å². The van der Waals surface area contributed by atoms with Gasteiger partial charge in [-0.2, -0.15) is 0 Å². The van der Waals surface area contributed by atoms with Crippen LogP contribution in [-0.4, -0.2) is 9.55 Å². The molecule has 1 aromatic heterocycles. The average molecular weight is 402 g/mol. The van der Waals surface area contributed by atoms with Gasteiger partial charge in [0.15, 0.2) is 0 Å². The summed E-state index contributed by atoms with van der Waals surface area (Å²) in [7, 11) is 2.03. The monoisotopic (exact) mass is 402 g/mol. The molecule has 0 aliphatic carbocycles. The van der Waals surface area contributed by atoms with Gasteiger partial charge in [0.1, 0.15) is 0 Å². The molecule has 0 spiro atoms. The van der Waals surface area contributed by atoms with Crippen LogP contribution in [0.4, 0.5) is 0 Å². The van der Waals surface area contributed by atoms with E-state index in [4.69, 9.17) is 0 Å². The van der Waals surface area contributed by atoms with Crippen LogP contribution in [0.25, 0.3) is 22.4 Å². The summed E-state index contributed by atoms with van der Waals surface area (Å²) in [5, 5.41) is 0. The van der Waals surface area contributed by atoms with Gasteiger partial charge in [0.25, 0.3) is 0 Å². The van der Waals surface area contributed by atoms with Crippen molar-refractivity contribution >= 4 is 11.0 Å². The van der Waals surface area contributed by atoms with Crippen LogP contribution in [-0.2, 0) is 28.1 Å². The molecule has 0 aliphatic heterocycles. The van der Waals surface area contributed by atoms with E-state index in [2.05, 4.69) is 21.7 Å². The fourth-order valence-electron chi connectivity index (χ4n) is 1.92. The first kappa shape index (κ1) is 12.1. The third-order valence-corrected chi connectivity index (χ3v) is 2.74. The second-order valence-corrected chi connectivity index (χ2v) is 3.76. The van der Waals surface area contributed by atoms with Gasteiger partial charge in [0, 0.05) is 28.1 Å². The van der Waals surface area contributed by atoms with Crippen LogP contribution in [0.3, 0.4) is 0 Å². The molecule has 0 amide bonds. The number of rotatable bonds is 1. The summed E-state index contributed by atoms with van der Waals surface area (Å²) < 4.78 is 2.10. The first-order chi connectivity index (χ1) is 7.86. The molecule has 3 aromatic rings. The molecule has 2 nitrogen and oxygen atoms in total. The van der Waals surface area contributed by atoms with Gasteiger partial charge in [0.05, 0.1) is 16.9 Å². The molecule has 0 unspecified atom stereocenters. The zero-order chi connectivity index (χ0) is 11.0. The van der Waals surface area contributed by atoms with Crippen molar-refractivity contribution in [2.24, 2.45) is 7.05 Å². The van der Waals surface area contributed by atoms with Gasteiger partial charge in [-0.05, 0) is 12.1 Å². The molecule has 0 N–H and O–H groups in total. The Morgan fingerprint density at radius 2 is 1.82 bits per heavy atom. The molecule has 3 heteroatoms. The smallest absolute Gasteiger partial charge is 0.0770 e. The molecular formula is C14H11N2Pt-. The number of fused-ring (bicyclic) bond motifs is 1. The quantitative estimate of drug-likeness (QED) is 0.573. The molecule has 0 saturated heterocycles. The van der Waals surface area contributed by atoms with E-state index in [1.807, 2.05) is 49.5 Å². The van der Waals surface area contributed by atoms with Crippen LogP contribution < -0.4 is 0 Å². The normalized spacial score (nSPS) is 10.2. The molecule has 1 heterocycles. The minimum absolute atomic E-state index is 0. The van der Waals surface area contributed by atoms with Crippen molar-refractivity contribution in [3.63, 3.8) is 0 Å². The zero-order valence-corrected chi connectivity index (χ0v) is 11.6. The average Bonchev–Trinajstić information content (AvgIpc) is 2.69. The Bertz CT molecular complexity index is 629. The van der Waals surface area contributed by atoms with Gasteiger partial charge < -0.3 is 4.57 Å². The van der Waals surface area contributed by atoms with E-state index < -0.39 is 0 Å². The van der Waals surface area contributed by atoms with E-state index in [9.17, 15) is 0 Å². The summed E-state index contributed by atoms with van der Waals surface area (Å²) in [5.41, 5.74) is 3.20. The van der Waals surface area contributed by atoms with Crippen LogP contribution in [0.2, 0.25) is 0 Å². The SMILES string of the molecule is Cn1c(-c2[c-]cccc2)nc2ccccc21.[Pt]. The second kappa shape index (κ2) is 4.85. The molecule has 0 radical (unpaired) electrons. The van der Waals surface area contributed by atoms with E-state index in [1.165, 1.54) is 0 Å².